The maximum Gasteiger partial charge on any atom is 0.150 e. The highest BCUT2D eigenvalue weighted by Gasteiger charge is 1.95. The van der Waals surface area contributed by atoms with Crippen molar-refractivity contribution in [3.05, 3.63) is 11.6 Å². The van der Waals surface area contributed by atoms with Crippen molar-refractivity contribution in [1.29, 1.82) is 5.41 Å². The molecule has 0 saturated heterocycles. The molecular weight excluding hydrogens is 166 g/mol. The smallest absolute Gasteiger partial charge is 0.150 e. The van der Waals surface area contributed by atoms with Gasteiger partial charge >= 0.3 is 0 Å². The third-order valence-electron chi connectivity index (χ3n) is 0.761. The fraction of sp³-hybridized carbons (Fsp3) is 0.200. The first kappa shape index (κ1) is 7.56. The molecule has 1 rings (SSSR count). The van der Waals surface area contributed by atoms with Crippen molar-refractivity contribution in [3.63, 3.8) is 0 Å². The van der Waals surface area contributed by atoms with E-state index in [2.05, 4.69) is 4.98 Å². The SMILES string of the molecule is N=C(N)CSc1nccs1. The lowest BCUT2D eigenvalue weighted by molar-refractivity contribution is 1.25. The lowest BCUT2D eigenvalue weighted by atomic mass is 10.7. The number of nitrogens with zero attached hydrogens (tertiary/aromatic N) is 1. The maximum atomic E-state index is 6.93. The van der Waals surface area contributed by atoms with Crippen LogP contribution in [-0.2, 0) is 0 Å². The molecule has 0 amide bonds. The van der Waals surface area contributed by atoms with Gasteiger partial charge in [0.1, 0.15) is 10.2 Å². The number of hydrogen-bond donors (Lipinski definition) is 2. The number of amidine groups is 1. The zero-order valence-corrected chi connectivity index (χ0v) is 6.84. The molecule has 0 aromatic carbocycles. The highest BCUT2D eigenvalue weighted by molar-refractivity contribution is 8.01. The summed E-state index contributed by atoms with van der Waals surface area (Å²) in [5.41, 5.74) is 5.15. The molecule has 0 aliphatic heterocycles. The molecule has 0 bridgehead atoms. The molecule has 0 fully saturated rings. The van der Waals surface area contributed by atoms with Gasteiger partial charge in [-0.25, -0.2) is 4.98 Å². The summed E-state index contributed by atoms with van der Waals surface area (Å²) in [6, 6.07) is 0. The van der Waals surface area contributed by atoms with E-state index in [-0.39, 0.29) is 5.84 Å². The number of aromatic nitrogens is 1. The molecule has 0 radical (unpaired) electrons. The fourth-order valence-electron chi connectivity index (χ4n) is 0.421. The Kier molecular flexibility index (Phi) is 2.70. The van der Waals surface area contributed by atoms with Crippen LogP contribution in [0, 0.1) is 5.41 Å². The van der Waals surface area contributed by atoms with Crippen molar-refractivity contribution in [3.8, 4) is 0 Å². The van der Waals surface area contributed by atoms with Crippen LogP contribution in [0.25, 0.3) is 0 Å². The number of rotatable bonds is 3. The predicted octanol–water partition coefficient (Wildman–Crippen LogP) is 1.17. The minimum Gasteiger partial charge on any atom is -0.387 e. The highest BCUT2D eigenvalue weighted by atomic mass is 32.2. The molecule has 10 heavy (non-hydrogen) atoms. The lowest BCUT2D eigenvalue weighted by Crippen LogP contribution is -2.11. The first-order valence-electron chi connectivity index (χ1n) is 2.64. The van der Waals surface area contributed by atoms with Gasteiger partial charge in [-0.2, -0.15) is 0 Å². The van der Waals surface area contributed by atoms with Crippen LogP contribution < -0.4 is 5.73 Å². The molecule has 0 spiro atoms. The van der Waals surface area contributed by atoms with Crippen LogP contribution in [0.2, 0.25) is 0 Å². The minimum atomic E-state index is 0.195. The van der Waals surface area contributed by atoms with Gasteiger partial charge in [-0.15, -0.1) is 11.3 Å². The standard InChI is InChI=1S/C5H7N3S2/c6-4(7)3-10-5-8-1-2-9-5/h1-2H,3H2,(H3,6,7). The molecule has 0 atom stereocenters. The van der Waals surface area contributed by atoms with E-state index in [4.69, 9.17) is 11.1 Å². The maximum absolute atomic E-state index is 6.93. The quantitative estimate of drug-likeness (QED) is 0.410. The summed E-state index contributed by atoms with van der Waals surface area (Å²) in [5, 5.41) is 8.84. The van der Waals surface area contributed by atoms with Crippen LogP contribution in [0.15, 0.2) is 15.9 Å². The molecule has 1 aromatic heterocycles. The van der Waals surface area contributed by atoms with Gasteiger partial charge in [0.15, 0.2) is 0 Å². The summed E-state index contributed by atoms with van der Waals surface area (Å²) in [6.45, 7) is 0. The van der Waals surface area contributed by atoms with Gasteiger partial charge in [0.2, 0.25) is 0 Å². The molecule has 0 aliphatic rings. The van der Waals surface area contributed by atoms with Gasteiger partial charge in [-0.05, 0) is 0 Å². The van der Waals surface area contributed by atoms with Gasteiger partial charge in [-0.1, -0.05) is 11.8 Å². The van der Waals surface area contributed by atoms with Crippen molar-refractivity contribution >= 4 is 28.9 Å². The molecule has 1 heterocycles. The normalized spacial score (nSPS) is 9.60. The first-order chi connectivity index (χ1) is 4.79. The Morgan fingerprint density at radius 1 is 1.90 bits per heavy atom. The molecule has 54 valence electrons. The van der Waals surface area contributed by atoms with Crippen LogP contribution in [0.4, 0.5) is 0 Å². The van der Waals surface area contributed by atoms with Crippen molar-refractivity contribution in [2.75, 3.05) is 5.75 Å². The Balaban J connectivity index is 2.35. The molecule has 1 aromatic rings. The van der Waals surface area contributed by atoms with E-state index in [0.29, 0.717) is 5.75 Å². The van der Waals surface area contributed by atoms with Crippen molar-refractivity contribution in [2.45, 2.75) is 4.34 Å². The summed E-state index contributed by atoms with van der Waals surface area (Å²) in [5.74, 6) is 0.730. The monoisotopic (exact) mass is 173 g/mol. The third kappa shape index (κ3) is 2.36. The summed E-state index contributed by atoms with van der Waals surface area (Å²) < 4.78 is 0.968. The molecular formula is C5H7N3S2. The van der Waals surface area contributed by atoms with Crippen molar-refractivity contribution in [1.82, 2.24) is 4.98 Å². The molecule has 0 unspecified atom stereocenters. The van der Waals surface area contributed by atoms with Gasteiger partial charge in [0.25, 0.3) is 0 Å². The van der Waals surface area contributed by atoms with Crippen LogP contribution in [-0.4, -0.2) is 16.6 Å². The summed E-state index contributed by atoms with van der Waals surface area (Å²) in [4.78, 5) is 4.02. The average molecular weight is 173 g/mol. The Morgan fingerprint density at radius 3 is 3.20 bits per heavy atom. The van der Waals surface area contributed by atoms with E-state index in [0.717, 1.165) is 4.34 Å². The number of thiazole rings is 1. The Hall–Kier alpha value is -0.550. The second-order valence-corrected chi connectivity index (χ2v) is 3.73. The number of thioether (sulfide) groups is 1. The largest absolute Gasteiger partial charge is 0.387 e. The van der Waals surface area contributed by atoms with Crippen LogP contribution in [0.1, 0.15) is 0 Å². The fourth-order valence-corrected chi connectivity index (χ4v) is 1.81. The minimum absolute atomic E-state index is 0.195. The van der Waals surface area contributed by atoms with Crippen molar-refractivity contribution < 1.29 is 0 Å². The number of hydrogen-bond acceptors (Lipinski definition) is 4. The van der Waals surface area contributed by atoms with Crippen molar-refractivity contribution in [2.24, 2.45) is 5.73 Å². The predicted molar refractivity (Wildman–Crippen MR) is 44.8 cm³/mol. The van der Waals surface area contributed by atoms with Crippen LogP contribution in [0.5, 0.6) is 0 Å². The molecule has 3 N–H and O–H groups in total. The van der Waals surface area contributed by atoms with Gasteiger partial charge in [0.05, 0.1) is 5.75 Å². The molecule has 3 nitrogen and oxygen atoms in total. The summed E-state index contributed by atoms with van der Waals surface area (Å²) in [6.07, 6.45) is 1.74. The van der Waals surface area contributed by atoms with Gasteiger partial charge < -0.3 is 5.73 Å². The highest BCUT2D eigenvalue weighted by Crippen LogP contribution is 2.18. The lowest BCUT2D eigenvalue weighted by Gasteiger charge is -1.91. The molecule has 0 saturated carbocycles. The van der Waals surface area contributed by atoms with Crippen LogP contribution in [0.3, 0.4) is 0 Å². The molecule has 5 heteroatoms. The van der Waals surface area contributed by atoms with E-state index in [1.54, 1.807) is 17.5 Å². The van der Waals surface area contributed by atoms with E-state index >= 15 is 0 Å². The zero-order chi connectivity index (χ0) is 7.40. The summed E-state index contributed by atoms with van der Waals surface area (Å²) in [7, 11) is 0. The number of nitrogens with two attached hydrogens (primary N) is 1. The van der Waals surface area contributed by atoms with E-state index < -0.39 is 0 Å². The van der Waals surface area contributed by atoms with Crippen LogP contribution >= 0.6 is 23.1 Å². The van der Waals surface area contributed by atoms with E-state index in [9.17, 15) is 0 Å². The summed E-state index contributed by atoms with van der Waals surface area (Å²) >= 11 is 3.06. The van der Waals surface area contributed by atoms with Gasteiger partial charge in [0, 0.05) is 11.6 Å². The zero-order valence-electron chi connectivity index (χ0n) is 5.20. The topological polar surface area (TPSA) is 62.8 Å². The number of nitrogens with one attached hydrogen (secondary N) is 1. The van der Waals surface area contributed by atoms with E-state index in [1.165, 1.54) is 11.8 Å². The van der Waals surface area contributed by atoms with Gasteiger partial charge in [-0.3, -0.25) is 5.41 Å². The van der Waals surface area contributed by atoms with E-state index in [1.807, 2.05) is 5.38 Å². The average Bonchev–Trinajstić information content (AvgIpc) is 2.34. The Bertz CT molecular complexity index is 207. The Morgan fingerprint density at radius 2 is 2.70 bits per heavy atom. The second kappa shape index (κ2) is 3.58. The Labute approximate surface area is 67.2 Å². The molecule has 0 aliphatic carbocycles. The second-order valence-electron chi connectivity index (χ2n) is 1.61. The third-order valence-corrected chi connectivity index (χ3v) is 2.78. The first-order valence-corrected chi connectivity index (χ1v) is 4.51.